The Bertz CT molecular complexity index is 1410. The SMILES string of the molecule is O=C1CCCC(=O)N2c3ccccc3[C@]34CCCC[C@]23O[C@]42c3ccccc3C(=O)N2CCCCCCCCCCCO1. The smallest absolute Gasteiger partial charge is 0.305 e. The Morgan fingerprint density at radius 2 is 1.33 bits per heavy atom. The molecule has 2 amide bonds. The predicted molar refractivity (Wildman–Crippen MR) is 163 cm³/mol. The van der Waals surface area contributed by atoms with E-state index in [0.29, 0.717) is 19.6 Å². The van der Waals surface area contributed by atoms with Crippen molar-refractivity contribution in [3.05, 3.63) is 65.2 Å². The third-order valence-corrected chi connectivity index (χ3v) is 10.8. The van der Waals surface area contributed by atoms with E-state index in [0.717, 1.165) is 86.6 Å². The monoisotopic (exact) mass is 584 g/mol. The summed E-state index contributed by atoms with van der Waals surface area (Å²) in [5, 5.41) is 0. The van der Waals surface area contributed by atoms with Crippen LogP contribution >= 0.6 is 0 Å². The Morgan fingerprint density at radius 3 is 2.14 bits per heavy atom. The van der Waals surface area contributed by atoms with Gasteiger partial charge >= 0.3 is 5.97 Å². The van der Waals surface area contributed by atoms with Crippen LogP contribution in [-0.2, 0) is 30.2 Å². The lowest BCUT2D eigenvalue weighted by atomic mass is 9.53. The molecule has 4 heterocycles. The van der Waals surface area contributed by atoms with Gasteiger partial charge in [-0.1, -0.05) is 87.8 Å². The molecule has 0 unspecified atom stereocenters. The van der Waals surface area contributed by atoms with E-state index < -0.39 is 16.9 Å². The molecule has 4 aliphatic heterocycles. The van der Waals surface area contributed by atoms with Crippen molar-refractivity contribution in [2.24, 2.45) is 0 Å². The molecule has 7 rings (SSSR count). The second-order valence-electron chi connectivity index (χ2n) is 13.1. The third-order valence-electron chi connectivity index (χ3n) is 10.8. The number of ether oxygens (including phenoxy) is 2. The van der Waals surface area contributed by atoms with Crippen LogP contribution in [0.1, 0.15) is 124 Å². The normalized spacial score (nSPS) is 31.9. The lowest BCUT2D eigenvalue weighted by molar-refractivity contribution is -0.396. The number of para-hydroxylation sites is 1. The van der Waals surface area contributed by atoms with Crippen LogP contribution in [0.3, 0.4) is 0 Å². The summed E-state index contributed by atoms with van der Waals surface area (Å²) in [6, 6.07) is 16.2. The molecule has 3 atom stereocenters. The summed E-state index contributed by atoms with van der Waals surface area (Å²) in [5.41, 5.74) is 1.33. The Hall–Kier alpha value is -3.19. The van der Waals surface area contributed by atoms with Crippen molar-refractivity contribution in [3.63, 3.8) is 0 Å². The van der Waals surface area contributed by atoms with E-state index in [2.05, 4.69) is 18.2 Å². The highest BCUT2D eigenvalue weighted by atomic mass is 16.6. The highest BCUT2D eigenvalue weighted by molar-refractivity contribution is 6.03. The third kappa shape index (κ3) is 4.13. The van der Waals surface area contributed by atoms with E-state index in [-0.39, 0.29) is 30.6 Å². The molecule has 7 nitrogen and oxygen atoms in total. The fraction of sp³-hybridized carbons (Fsp3) is 0.583. The summed E-state index contributed by atoms with van der Waals surface area (Å²) in [6.07, 6.45) is 14.4. The lowest BCUT2D eigenvalue weighted by Gasteiger charge is -2.71. The number of anilines is 1. The van der Waals surface area contributed by atoms with Crippen molar-refractivity contribution < 1.29 is 23.9 Å². The maximum absolute atomic E-state index is 14.2. The molecule has 0 aromatic heterocycles. The molecule has 2 aromatic carbocycles. The van der Waals surface area contributed by atoms with Crippen LogP contribution < -0.4 is 4.90 Å². The number of rotatable bonds is 0. The van der Waals surface area contributed by atoms with Gasteiger partial charge in [-0.05, 0) is 56.2 Å². The molecule has 7 heteroatoms. The van der Waals surface area contributed by atoms with Crippen LogP contribution in [-0.4, -0.2) is 41.6 Å². The number of hydrogen-bond acceptors (Lipinski definition) is 5. The van der Waals surface area contributed by atoms with Crippen molar-refractivity contribution in [2.75, 3.05) is 18.1 Å². The first-order valence-electron chi connectivity index (χ1n) is 16.8. The van der Waals surface area contributed by atoms with Crippen molar-refractivity contribution in [3.8, 4) is 0 Å². The van der Waals surface area contributed by atoms with Gasteiger partial charge < -0.3 is 14.4 Å². The number of benzene rings is 2. The van der Waals surface area contributed by atoms with E-state index in [1.165, 1.54) is 19.3 Å². The number of carbonyl (C=O) groups is 3. The molecule has 3 fully saturated rings. The van der Waals surface area contributed by atoms with Gasteiger partial charge in [0.25, 0.3) is 5.91 Å². The fourth-order valence-electron chi connectivity index (χ4n) is 9.05. The highest BCUT2D eigenvalue weighted by Gasteiger charge is 2.86. The fourth-order valence-corrected chi connectivity index (χ4v) is 9.05. The van der Waals surface area contributed by atoms with E-state index >= 15 is 0 Å². The number of carbonyl (C=O) groups excluding carboxylic acids is 3. The summed E-state index contributed by atoms with van der Waals surface area (Å²) in [6.45, 7) is 1.11. The van der Waals surface area contributed by atoms with E-state index in [9.17, 15) is 14.4 Å². The highest BCUT2D eigenvalue weighted by Crippen LogP contribution is 2.77. The molecule has 2 aromatic rings. The Balaban J connectivity index is 1.29. The summed E-state index contributed by atoms with van der Waals surface area (Å²) >= 11 is 0. The van der Waals surface area contributed by atoms with Crippen LogP contribution in [0.25, 0.3) is 0 Å². The van der Waals surface area contributed by atoms with Crippen LogP contribution in [0.5, 0.6) is 0 Å². The molecule has 1 aliphatic carbocycles. The largest absolute Gasteiger partial charge is 0.466 e. The van der Waals surface area contributed by atoms with E-state index in [1.807, 2.05) is 40.1 Å². The minimum Gasteiger partial charge on any atom is -0.466 e. The minimum absolute atomic E-state index is 0.0230. The van der Waals surface area contributed by atoms with Gasteiger partial charge in [0, 0.05) is 30.5 Å². The van der Waals surface area contributed by atoms with Gasteiger partial charge in [-0.2, -0.15) is 0 Å². The van der Waals surface area contributed by atoms with Gasteiger partial charge in [0.05, 0.1) is 17.7 Å². The van der Waals surface area contributed by atoms with Crippen molar-refractivity contribution in [1.82, 2.24) is 4.90 Å². The van der Waals surface area contributed by atoms with E-state index in [4.69, 9.17) is 9.47 Å². The molecule has 2 saturated heterocycles. The van der Waals surface area contributed by atoms with Crippen molar-refractivity contribution >= 4 is 23.5 Å². The van der Waals surface area contributed by atoms with Crippen LogP contribution in [0.4, 0.5) is 5.69 Å². The Labute approximate surface area is 254 Å². The molecule has 2 bridgehead atoms. The second kappa shape index (κ2) is 11.4. The zero-order valence-corrected chi connectivity index (χ0v) is 25.3. The molecule has 0 radical (unpaired) electrons. The zero-order valence-electron chi connectivity index (χ0n) is 25.3. The van der Waals surface area contributed by atoms with Gasteiger partial charge in [-0.3, -0.25) is 19.3 Å². The summed E-state index contributed by atoms with van der Waals surface area (Å²) < 4.78 is 12.8. The summed E-state index contributed by atoms with van der Waals surface area (Å²) in [4.78, 5) is 44.8. The predicted octanol–water partition coefficient (Wildman–Crippen LogP) is 7.12. The molecule has 1 saturated carbocycles. The number of amides is 2. The van der Waals surface area contributed by atoms with Gasteiger partial charge in [-0.25, -0.2) is 0 Å². The van der Waals surface area contributed by atoms with Crippen molar-refractivity contribution in [2.45, 2.75) is 120 Å². The van der Waals surface area contributed by atoms with E-state index in [1.54, 1.807) is 0 Å². The van der Waals surface area contributed by atoms with Crippen LogP contribution in [0, 0.1) is 0 Å². The number of fused-ring (bicyclic) bond motifs is 3. The standard InChI is InChI=1S/C36H44N2O5/c39-31-21-16-22-32(40)42-26-15-7-5-3-1-2-4-6-14-25-37-33(41)27-17-8-9-18-28(27)36(37)34-23-12-13-24-35(34,43-36)38(31)30-20-11-10-19-29(30)34/h8-11,17-20H,1-7,12-16,21-26H2/t34-,35-,36-/m1/s1. The number of cyclic esters (lactones) is 1. The Kier molecular flexibility index (Phi) is 7.57. The van der Waals surface area contributed by atoms with Crippen molar-refractivity contribution in [1.29, 1.82) is 0 Å². The summed E-state index contributed by atoms with van der Waals surface area (Å²) in [5.74, 6) is -0.206. The lowest BCUT2D eigenvalue weighted by Crippen LogP contribution is -2.84. The first-order valence-corrected chi connectivity index (χ1v) is 16.8. The molecular formula is C36H44N2O5. The van der Waals surface area contributed by atoms with Gasteiger partial charge in [0.2, 0.25) is 5.91 Å². The number of esters is 1. The molecule has 0 N–H and O–H groups in total. The minimum atomic E-state index is -0.937. The molecular weight excluding hydrogens is 540 g/mol. The quantitative estimate of drug-likeness (QED) is 0.308. The van der Waals surface area contributed by atoms with Gasteiger partial charge in [0.1, 0.15) is 0 Å². The summed E-state index contributed by atoms with van der Waals surface area (Å²) in [7, 11) is 0. The first kappa shape index (κ1) is 28.6. The maximum atomic E-state index is 14.2. The topological polar surface area (TPSA) is 76.2 Å². The maximum Gasteiger partial charge on any atom is 0.305 e. The number of hydrogen-bond donors (Lipinski definition) is 0. The Morgan fingerprint density at radius 1 is 0.651 bits per heavy atom. The first-order chi connectivity index (χ1) is 21.1. The van der Waals surface area contributed by atoms with Gasteiger partial charge in [0.15, 0.2) is 11.4 Å². The molecule has 2 spiro atoms. The average molecular weight is 585 g/mol. The van der Waals surface area contributed by atoms with Gasteiger partial charge in [-0.15, -0.1) is 0 Å². The average Bonchev–Trinajstić information content (AvgIpc) is 3.39. The van der Waals surface area contributed by atoms with Crippen LogP contribution in [0.2, 0.25) is 0 Å². The molecule has 5 aliphatic rings. The number of nitrogens with zero attached hydrogens (tertiary/aromatic N) is 2. The molecule has 43 heavy (non-hydrogen) atoms. The zero-order chi connectivity index (χ0) is 29.5. The molecule has 228 valence electrons. The van der Waals surface area contributed by atoms with Crippen LogP contribution in [0.15, 0.2) is 48.5 Å². The second-order valence-corrected chi connectivity index (χ2v) is 13.1.